The highest BCUT2D eigenvalue weighted by Gasteiger charge is 2.19. The van der Waals surface area contributed by atoms with Crippen molar-refractivity contribution in [2.75, 3.05) is 36.4 Å². The van der Waals surface area contributed by atoms with E-state index in [1.54, 1.807) is 20.9 Å². The van der Waals surface area contributed by atoms with E-state index in [1.165, 1.54) is 16.6 Å². The van der Waals surface area contributed by atoms with Gasteiger partial charge in [0.05, 0.1) is 17.5 Å². The molecule has 29 heavy (non-hydrogen) atoms. The van der Waals surface area contributed by atoms with Gasteiger partial charge >= 0.3 is 0 Å². The van der Waals surface area contributed by atoms with E-state index < -0.39 is 5.72 Å². The lowest BCUT2D eigenvalue weighted by atomic mass is 10.1. The summed E-state index contributed by atoms with van der Waals surface area (Å²) in [7, 11) is 1.64. The summed E-state index contributed by atoms with van der Waals surface area (Å²) in [6, 6.07) is 10.0. The summed E-state index contributed by atoms with van der Waals surface area (Å²) in [6.07, 6.45) is 1.50. The Labute approximate surface area is 169 Å². The van der Waals surface area contributed by atoms with Crippen molar-refractivity contribution < 1.29 is 5.11 Å². The van der Waals surface area contributed by atoms with Gasteiger partial charge in [-0.15, -0.1) is 0 Å². The molecule has 0 amide bonds. The topological polar surface area (TPSA) is 95.3 Å². The SMILES string of the molecule is Cn1cnc2cc(-c3ccc(N4CCNCC4)cc3)nc(NC(C)(C)O)c2c1=O. The van der Waals surface area contributed by atoms with Crippen LogP contribution >= 0.6 is 0 Å². The number of aryl methyl sites for hydroxylation is 1. The van der Waals surface area contributed by atoms with Gasteiger partial charge in [-0.2, -0.15) is 0 Å². The van der Waals surface area contributed by atoms with Gasteiger partial charge in [0.2, 0.25) is 0 Å². The highest BCUT2D eigenvalue weighted by atomic mass is 16.3. The number of nitrogens with one attached hydrogen (secondary N) is 2. The first-order valence-corrected chi connectivity index (χ1v) is 9.75. The molecule has 0 aliphatic carbocycles. The minimum absolute atomic E-state index is 0.213. The summed E-state index contributed by atoms with van der Waals surface area (Å²) < 4.78 is 1.40. The summed E-state index contributed by atoms with van der Waals surface area (Å²) in [6.45, 7) is 7.16. The predicted molar refractivity (Wildman–Crippen MR) is 115 cm³/mol. The molecule has 0 spiro atoms. The molecule has 152 valence electrons. The van der Waals surface area contributed by atoms with Crippen LogP contribution in [0.2, 0.25) is 0 Å². The lowest BCUT2D eigenvalue weighted by Crippen LogP contribution is -2.43. The van der Waals surface area contributed by atoms with Gasteiger partial charge in [0.25, 0.3) is 5.56 Å². The molecule has 8 heteroatoms. The van der Waals surface area contributed by atoms with Crippen molar-refractivity contribution in [1.29, 1.82) is 0 Å². The average molecular weight is 394 g/mol. The summed E-state index contributed by atoms with van der Waals surface area (Å²) in [5, 5.41) is 16.9. The molecule has 1 aliphatic heterocycles. The van der Waals surface area contributed by atoms with Crippen molar-refractivity contribution in [2.24, 2.45) is 7.05 Å². The van der Waals surface area contributed by atoms with Gasteiger partial charge in [0.1, 0.15) is 16.9 Å². The number of aliphatic hydroxyl groups is 1. The molecular weight excluding hydrogens is 368 g/mol. The number of hydrogen-bond acceptors (Lipinski definition) is 7. The second-order valence-corrected chi connectivity index (χ2v) is 7.88. The van der Waals surface area contributed by atoms with Crippen LogP contribution < -0.4 is 21.1 Å². The summed E-state index contributed by atoms with van der Waals surface area (Å²) in [4.78, 5) is 24.0. The summed E-state index contributed by atoms with van der Waals surface area (Å²) in [5.41, 5.74) is 1.89. The quantitative estimate of drug-likeness (QED) is 0.578. The number of nitrogens with zero attached hydrogens (tertiary/aromatic N) is 4. The molecular formula is C21H26N6O2. The van der Waals surface area contributed by atoms with E-state index in [4.69, 9.17) is 0 Å². The van der Waals surface area contributed by atoms with E-state index >= 15 is 0 Å². The van der Waals surface area contributed by atoms with E-state index in [0.717, 1.165) is 31.7 Å². The van der Waals surface area contributed by atoms with Crippen LogP contribution in [0.4, 0.5) is 11.5 Å². The Morgan fingerprint density at radius 3 is 2.52 bits per heavy atom. The molecule has 2 aromatic heterocycles. The van der Waals surface area contributed by atoms with Gasteiger partial charge in [-0.1, -0.05) is 12.1 Å². The molecule has 3 N–H and O–H groups in total. The Morgan fingerprint density at radius 1 is 1.17 bits per heavy atom. The maximum Gasteiger partial charge on any atom is 0.264 e. The minimum atomic E-state index is -1.23. The Balaban J connectivity index is 1.77. The fourth-order valence-electron chi connectivity index (χ4n) is 3.52. The maximum atomic E-state index is 12.7. The monoisotopic (exact) mass is 394 g/mol. The van der Waals surface area contributed by atoms with Gasteiger partial charge in [-0.25, -0.2) is 9.97 Å². The number of aromatic nitrogens is 3. The van der Waals surface area contributed by atoms with Crippen molar-refractivity contribution in [3.05, 3.63) is 47.0 Å². The summed E-state index contributed by atoms with van der Waals surface area (Å²) in [5.74, 6) is 0.324. The Hall–Kier alpha value is -2.97. The number of pyridine rings is 1. The zero-order chi connectivity index (χ0) is 20.6. The molecule has 8 nitrogen and oxygen atoms in total. The van der Waals surface area contributed by atoms with Gasteiger partial charge in [-0.05, 0) is 32.0 Å². The van der Waals surface area contributed by atoms with Crippen molar-refractivity contribution in [1.82, 2.24) is 19.9 Å². The van der Waals surface area contributed by atoms with Crippen LogP contribution in [0, 0.1) is 0 Å². The largest absolute Gasteiger partial charge is 0.372 e. The van der Waals surface area contributed by atoms with Crippen molar-refractivity contribution in [3.8, 4) is 11.3 Å². The smallest absolute Gasteiger partial charge is 0.264 e. The van der Waals surface area contributed by atoms with Crippen LogP contribution in [0.15, 0.2) is 41.5 Å². The molecule has 1 fully saturated rings. The van der Waals surface area contributed by atoms with Crippen LogP contribution in [0.25, 0.3) is 22.2 Å². The molecule has 0 saturated carbocycles. The van der Waals surface area contributed by atoms with Crippen LogP contribution in [-0.2, 0) is 7.05 Å². The normalized spacial score (nSPS) is 15.0. The third kappa shape index (κ3) is 4.08. The lowest BCUT2D eigenvalue weighted by Gasteiger charge is -2.29. The molecule has 4 rings (SSSR count). The minimum Gasteiger partial charge on any atom is -0.372 e. The fraction of sp³-hybridized carbons (Fsp3) is 0.381. The van der Waals surface area contributed by atoms with E-state index in [9.17, 15) is 9.90 Å². The van der Waals surface area contributed by atoms with Gasteiger partial charge < -0.3 is 25.2 Å². The first-order valence-electron chi connectivity index (χ1n) is 9.75. The first-order chi connectivity index (χ1) is 13.8. The van der Waals surface area contributed by atoms with E-state index in [2.05, 4.69) is 37.6 Å². The fourth-order valence-corrected chi connectivity index (χ4v) is 3.52. The van der Waals surface area contributed by atoms with Gasteiger partial charge in [0, 0.05) is 44.5 Å². The van der Waals surface area contributed by atoms with E-state index in [1.807, 2.05) is 18.2 Å². The van der Waals surface area contributed by atoms with Crippen molar-refractivity contribution >= 4 is 22.4 Å². The summed E-state index contributed by atoms with van der Waals surface area (Å²) >= 11 is 0. The van der Waals surface area contributed by atoms with Gasteiger partial charge in [-0.3, -0.25) is 4.79 Å². The second-order valence-electron chi connectivity index (χ2n) is 7.88. The number of piperazine rings is 1. The van der Waals surface area contributed by atoms with E-state index in [-0.39, 0.29) is 5.56 Å². The number of benzene rings is 1. The molecule has 1 saturated heterocycles. The van der Waals surface area contributed by atoms with Crippen LogP contribution in [0.3, 0.4) is 0 Å². The van der Waals surface area contributed by atoms with Crippen LogP contribution in [-0.4, -0.2) is 51.5 Å². The number of anilines is 2. The first kappa shape index (κ1) is 19.4. The molecule has 0 unspecified atom stereocenters. The number of rotatable bonds is 4. The Morgan fingerprint density at radius 2 is 1.86 bits per heavy atom. The number of hydrogen-bond donors (Lipinski definition) is 3. The molecule has 1 aromatic carbocycles. The Kier molecular flexibility index (Phi) is 4.97. The standard InChI is InChI=1S/C21H26N6O2/c1-21(2,29)25-19-18-17(23-13-26(3)20(18)28)12-16(24-19)14-4-6-15(7-5-14)27-10-8-22-9-11-27/h4-7,12-13,22,29H,8-11H2,1-3H3,(H,24,25). The highest BCUT2D eigenvalue weighted by molar-refractivity contribution is 5.91. The van der Waals surface area contributed by atoms with Crippen molar-refractivity contribution in [2.45, 2.75) is 19.6 Å². The zero-order valence-electron chi connectivity index (χ0n) is 16.9. The molecule has 0 bridgehead atoms. The number of fused-ring (bicyclic) bond motifs is 1. The maximum absolute atomic E-state index is 12.7. The third-order valence-corrected chi connectivity index (χ3v) is 4.97. The predicted octanol–water partition coefficient (Wildman–Crippen LogP) is 1.55. The van der Waals surface area contributed by atoms with Crippen molar-refractivity contribution in [3.63, 3.8) is 0 Å². The van der Waals surface area contributed by atoms with E-state index in [0.29, 0.717) is 22.4 Å². The molecule has 3 aromatic rings. The highest BCUT2D eigenvalue weighted by Crippen LogP contribution is 2.28. The molecule has 0 atom stereocenters. The van der Waals surface area contributed by atoms with Gasteiger partial charge in [0.15, 0.2) is 0 Å². The molecule has 0 radical (unpaired) electrons. The Bertz CT molecular complexity index is 1080. The molecule has 1 aliphatic rings. The zero-order valence-corrected chi connectivity index (χ0v) is 16.9. The molecule has 3 heterocycles. The third-order valence-electron chi connectivity index (χ3n) is 4.97. The average Bonchev–Trinajstić information content (AvgIpc) is 2.70. The van der Waals surface area contributed by atoms with Crippen LogP contribution in [0.1, 0.15) is 13.8 Å². The lowest BCUT2D eigenvalue weighted by molar-refractivity contribution is 0.111. The second kappa shape index (κ2) is 7.46. The van der Waals surface area contributed by atoms with Crippen LogP contribution in [0.5, 0.6) is 0 Å².